The molecule has 2 aromatic carbocycles. The number of rotatable bonds is 3. The number of hydrogen-bond donors (Lipinski definition) is 0. The van der Waals surface area contributed by atoms with Crippen molar-refractivity contribution in [3.05, 3.63) is 66.0 Å². The highest BCUT2D eigenvalue weighted by Crippen LogP contribution is 2.23. The molecule has 0 saturated carbocycles. The minimum atomic E-state index is 0.929. The lowest BCUT2D eigenvalue weighted by atomic mass is 10.0. The summed E-state index contributed by atoms with van der Waals surface area (Å²) in [6, 6.07) is 16.9. The van der Waals surface area contributed by atoms with Crippen molar-refractivity contribution in [1.82, 2.24) is 9.97 Å². The van der Waals surface area contributed by atoms with E-state index in [4.69, 9.17) is 0 Å². The van der Waals surface area contributed by atoms with Gasteiger partial charge in [0.05, 0.1) is 5.52 Å². The smallest absolute Gasteiger partial charge is 0.139 e. The maximum atomic E-state index is 4.37. The summed E-state index contributed by atoms with van der Waals surface area (Å²) < 4.78 is 0. The van der Waals surface area contributed by atoms with Crippen LogP contribution in [-0.2, 0) is 6.42 Å². The van der Waals surface area contributed by atoms with Crippen LogP contribution in [0.4, 0.5) is 5.82 Å². The summed E-state index contributed by atoms with van der Waals surface area (Å²) in [7, 11) is 4.01. The first-order valence-corrected chi connectivity index (χ1v) is 6.69. The van der Waals surface area contributed by atoms with E-state index in [1.54, 1.807) is 6.33 Å². The van der Waals surface area contributed by atoms with Crippen molar-refractivity contribution < 1.29 is 0 Å². The third-order valence-corrected chi connectivity index (χ3v) is 3.35. The molecule has 0 atom stereocenters. The first-order valence-electron chi connectivity index (χ1n) is 6.69. The first-order chi connectivity index (χ1) is 9.74. The Hall–Kier alpha value is -2.42. The van der Waals surface area contributed by atoms with Gasteiger partial charge in [-0.05, 0) is 29.7 Å². The summed E-state index contributed by atoms with van der Waals surface area (Å²) in [5.74, 6) is 0.963. The Bertz CT molecular complexity index is 721. The summed E-state index contributed by atoms with van der Waals surface area (Å²) in [6.07, 6.45) is 2.55. The molecule has 0 bridgehead atoms. The Kier molecular flexibility index (Phi) is 3.33. The number of hydrogen-bond acceptors (Lipinski definition) is 3. The van der Waals surface area contributed by atoms with Gasteiger partial charge in [-0.1, -0.05) is 36.4 Å². The molecule has 1 heterocycles. The first kappa shape index (κ1) is 12.6. The van der Waals surface area contributed by atoms with Crippen molar-refractivity contribution in [3.8, 4) is 0 Å². The van der Waals surface area contributed by atoms with Crippen LogP contribution in [0.15, 0.2) is 54.9 Å². The highest BCUT2D eigenvalue weighted by Gasteiger charge is 2.06. The Morgan fingerprint density at radius 3 is 2.45 bits per heavy atom. The van der Waals surface area contributed by atoms with Crippen molar-refractivity contribution in [1.29, 1.82) is 0 Å². The number of benzene rings is 2. The van der Waals surface area contributed by atoms with Crippen LogP contribution >= 0.6 is 0 Å². The van der Waals surface area contributed by atoms with E-state index in [2.05, 4.69) is 52.4 Å². The number of anilines is 1. The van der Waals surface area contributed by atoms with Crippen LogP contribution in [0.1, 0.15) is 11.1 Å². The maximum absolute atomic E-state index is 4.37. The van der Waals surface area contributed by atoms with E-state index >= 15 is 0 Å². The van der Waals surface area contributed by atoms with Gasteiger partial charge in [-0.3, -0.25) is 0 Å². The number of nitrogens with zero attached hydrogens (tertiary/aromatic N) is 3. The zero-order chi connectivity index (χ0) is 13.9. The Morgan fingerprint density at radius 2 is 1.70 bits per heavy atom. The molecule has 20 heavy (non-hydrogen) atoms. The average Bonchev–Trinajstić information content (AvgIpc) is 2.47. The topological polar surface area (TPSA) is 29.0 Å². The second-order valence-corrected chi connectivity index (χ2v) is 5.11. The quantitative estimate of drug-likeness (QED) is 0.726. The second kappa shape index (κ2) is 5.29. The molecule has 0 saturated heterocycles. The Labute approximate surface area is 118 Å². The predicted molar refractivity (Wildman–Crippen MR) is 83.1 cm³/mol. The molecule has 3 heteroatoms. The van der Waals surface area contributed by atoms with E-state index in [1.807, 2.05) is 25.1 Å². The van der Waals surface area contributed by atoms with E-state index in [0.29, 0.717) is 0 Å². The molecule has 0 unspecified atom stereocenters. The van der Waals surface area contributed by atoms with E-state index in [-0.39, 0.29) is 0 Å². The summed E-state index contributed by atoms with van der Waals surface area (Å²) in [6.45, 7) is 0. The van der Waals surface area contributed by atoms with Gasteiger partial charge < -0.3 is 4.90 Å². The van der Waals surface area contributed by atoms with Crippen LogP contribution in [0.3, 0.4) is 0 Å². The molecule has 0 fully saturated rings. The lowest BCUT2D eigenvalue weighted by Crippen LogP contribution is -2.11. The van der Waals surface area contributed by atoms with Gasteiger partial charge in [0.25, 0.3) is 0 Å². The Balaban J connectivity index is 2.03. The summed E-state index contributed by atoms with van der Waals surface area (Å²) in [4.78, 5) is 10.7. The van der Waals surface area contributed by atoms with Crippen molar-refractivity contribution >= 4 is 16.7 Å². The monoisotopic (exact) mass is 263 g/mol. The molecular weight excluding hydrogens is 246 g/mol. The van der Waals surface area contributed by atoms with Crippen LogP contribution < -0.4 is 4.90 Å². The maximum Gasteiger partial charge on any atom is 0.139 e. The molecule has 3 nitrogen and oxygen atoms in total. The second-order valence-electron chi connectivity index (χ2n) is 5.11. The highest BCUT2D eigenvalue weighted by atomic mass is 15.1. The molecule has 0 radical (unpaired) electrons. The molecule has 0 aliphatic carbocycles. The average molecular weight is 263 g/mol. The van der Waals surface area contributed by atoms with E-state index in [9.17, 15) is 0 Å². The van der Waals surface area contributed by atoms with Gasteiger partial charge in [-0.2, -0.15) is 0 Å². The zero-order valence-corrected chi connectivity index (χ0v) is 11.7. The fraction of sp³-hybridized carbons (Fsp3) is 0.176. The highest BCUT2D eigenvalue weighted by molar-refractivity contribution is 5.89. The molecule has 3 aromatic rings. The third-order valence-electron chi connectivity index (χ3n) is 3.35. The lowest BCUT2D eigenvalue weighted by Gasteiger charge is -2.14. The van der Waals surface area contributed by atoms with Gasteiger partial charge in [0.2, 0.25) is 0 Å². The van der Waals surface area contributed by atoms with Crippen molar-refractivity contribution in [2.45, 2.75) is 6.42 Å². The van der Waals surface area contributed by atoms with Gasteiger partial charge in [0.15, 0.2) is 0 Å². The minimum Gasteiger partial charge on any atom is -0.362 e. The van der Waals surface area contributed by atoms with E-state index in [0.717, 1.165) is 23.1 Å². The van der Waals surface area contributed by atoms with Crippen LogP contribution in [-0.4, -0.2) is 24.1 Å². The fourth-order valence-corrected chi connectivity index (χ4v) is 2.39. The largest absolute Gasteiger partial charge is 0.362 e. The number of fused-ring (bicyclic) bond motifs is 1. The van der Waals surface area contributed by atoms with Crippen molar-refractivity contribution in [2.24, 2.45) is 0 Å². The predicted octanol–water partition coefficient (Wildman–Crippen LogP) is 3.29. The van der Waals surface area contributed by atoms with Crippen LogP contribution in [0.5, 0.6) is 0 Å². The zero-order valence-electron chi connectivity index (χ0n) is 11.7. The summed E-state index contributed by atoms with van der Waals surface area (Å²) >= 11 is 0. The fourth-order valence-electron chi connectivity index (χ4n) is 2.39. The Morgan fingerprint density at radius 1 is 0.900 bits per heavy atom. The third kappa shape index (κ3) is 2.48. The minimum absolute atomic E-state index is 0.929. The van der Waals surface area contributed by atoms with Gasteiger partial charge in [-0.15, -0.1) is 0 Å². The summed E-state index contributed by atoms with van der Waals surface area (Å²) in [5.41, 5.74) is 3.58. The molecule has 0 aliphatic rings. The summed E-state index contributed by atoms with van der Waals surface area (Å²) in [5, 5.41) is 1.10. The molecule has 0 spiro atoms. The lowest BCUT2D eigenvalue weighted by molar-refractivity contribution is 1.06. The normalized spacial score (nSPS) is 10.7. The van der Waals surface area contributed by atoms with Crippen LogP contribution in [0.25, 0.3) is 10.9 Å². The molecule has 0 N–H and O–H groups in total. The molecule has 0 amide bonds. The molecule has 100 valence electrons. The van der Waals surface area contributed by atoms with Gasteiger partial charge in [0.1, 0.15) is 12.1 Å². The van der Waals surface area contributed by atoms with Gasteiger partial charge in [0, 0.05) is 19.5 Å². The van der Waals surface area contributed by atoms with Crippen molar-refractivity contribution in [3.63, 3.8) is 0 Å². The molecule has 1 aromatic heterocycles. The standard InChI is InChI=1S/C17H17N3/c1-20(2)17-15-11-14(8-9-16(15)18-12-19-17)10-13-6-4-3-5-7-13/h3-9,11-12H,10H2,1-2H3. The van der Waals surface area contributed by atoms with E-state index in [1.165, 1.54) is 11.1 Å². The van der Waals surface area contributed by atoms with Crippen molar-refractivity contribution in [2.75, 3.05) is 19.0 Å². The van der Waals surface area contributed by atoms with Crippen LogP contribution in [0, 0.1) is 0 Å². The molecule has 3 rings (SSSR count). The molecule has 0 aliphatic heterocycles. The SMILES string of the molecule is CN(C)c1ncnc2ccc(Cc3ccccc3)cc12. The van der Waals surface area contributed by atoms with Crippen LogP contribution in [0.2, 0.25) is 0 Å². The van der Waals surface area contributed by atoms with Gasteiger partial charge in [-0.25, -0.2) is 9.97 Å². The molecular formula is C17H17N3. The van der Waals surface area contributed by atoms with E-state index < -0.39 is 0 Å². The number of aromatic nitrogens is 2. The van der Waals surface area contributed by atoms with Gasteiger partial charge >= 0.3 is 0 Å².